The fourth-order valence-electron chi connectivity index (χ4n) is 3.38. The summed E-state index contributed by atoms with van der Waals surface area (Å²) in [4.78, 5) is 39.6. The quantitative estimate of drug-likeness (QED) is 0.686. The summed E-state index contributed by atoms with van der Waals surface area (Å²) in [6.45, 7) is 4.77. The van der Waals surface area contributed by atoms with Crippen molar-refractivity contribution < 1.29 is 23.5 Å². The second-order valence-corrected chi connectivity index (χ2v) is 7.40. The molecule has 4 rings (SSSR count). The van der Waals surface area contributed by atoms with Crippen molar-refractivity contribution in [2.24, 2.45) is 0 Å². The fraction of sp³-hybridized carbons (Fsp3) is 0.227. The maximum atomic E-state index is 13.2. The molecule has 0 radical (unpaired) electrons. The number of carbonyl (C=O) groups excluding carboxylic acids is 3. The van der Waals surface area contributed by atoms with Crippen LogP contribution in [0.15, 0.2) is 59.0 Å². The van der Waals surface area contributed by atoms with Crippen LogP contribution >= 0.6 is 0 Å². The van der Waals surface area contributed by atoms with Gasteiger partial charge in [0.05, 0.1) is 11.4 Å². The fourth-order valence-corrected chi connectivity index (χ4v) is 3.38. The molecular formula is C22H20N2O5. The van der Waals surface area contributed by atoms with Crippen LogP contribution in [0.25, 0.3) is 11.0 Å². The van der Waals surface area contributed by atoms with Crippen LogP contribution in [0.4, 0.5) is 11.4 Å². The summed E-state index contributed by atoms with van der Waals surface area (Å²) in [5, 5.41) is 3.56. The van der Waals surface area contributed by atoms with E-state index in [2.05, 4.69) is 5.32 Å². The molecule has 1 aliphatic heterocycles. The Morgan fingerprint density at radius 3 is 2.55 bits per heavy atom. The molecule has 0 saturated carbocycles. The number of rotatable bonds is 3. The Morgan fingerprint density at radius 1 is 1.10 bits per heavy atom. The van der Waals surface area contributed by atoms with Gasteiger partial charge in [0.15, 0.2) is 6.10 Å². The van der Waals surface area contributed by atoms with E-state index >= 15 is 0 Å². The van der Waals surface area contributed by atoms with Gasteiger partial charge in [0.25, 0.3) is 5.91 Å². The van der Waals surface area contributed by atoms with Crippen LogP contribution in [0.5, 0.6) is 0 Å². The van der Waals surface area contributed by atoms with Gasteiger partial charge in [-0.3, -0.25) is 14.5 Å². The molecule has 148 valence electrons. The maximum absolute atomic E-state index is 13.2. The monoisotopic (exact) mass is 392 g/mol. The molecule has 29 heavy (non-hydrogen) atoms. The van der Waals surface area contributed by atoms with Crippen LogP contribution in [0.3, 0.4) is 0 Å². The topological polar surface area (TPSA) is 88.8 Å². The van der Waals surface area contributed by atoms with Crippen molar-refractivity contribution in [3.8, 4) is 0 Å². The first-order valence-electron chi connectivity index (χ1n) is 9.23. The molecule has 2 heterocycles. The smallest absolute Gasteiger partial charge is 0.375 e. The van der Waals surface area contributed by atoms with Crippen molar-refractivity contribution in [2.45, 2.75) is 32.4 Å². The average molecular weight is 392 g/mol. The highest BCUT2D eigenvalue weighted by Crippen LogP contribution is 2.37. The van der Waals surface area contributed by atoms with Gasteiger partial charge in [-0.05, 0) is 45.0 Å². The number of para-hydroxylation sites is 3. The zero-order chi connectivity index (χ0) is 20.8. The molecule has 0 aliphatic carbocycles. The minimum atomic E-state index is -1.15. The Hall–Kier alpha value is -3.61. The highest BCUT2D eigenvalue weighted by atomic mass is 16.6. The van der Waals surface area contributed by atoms with Crippen molar-refractivity contribution in [1.29, 1.82) is 0 Å². The number of esters is 1. The number of ether oxygens (including phenoxy) is 1. The van der Waals surface area contributed by atoms with Crippen molar-refractivity contribution in [1.82, 2.24) is 0 Å². The molecule has 1 atom stereocenters. The van der Waals surface area contributed by atoms with Gasteiger partial charge in [0.2, 0.25) is 11.7 Å². The van der Waals surface area contributed by atoms with E-state index < -0.39 is 23.5 Å². The SMILES string of the molecule is C[C@H](OC(=O)c1cc2ccccc2o1)C(=O)N1c2ccccc2NC(=O)C1(C)C. The molecule has 0 fully saturated rings. The summed E-state index contributed by atoms with van der Waals surface area (Å²) in [6, 6.07) is 15.8. The van der Waals surface area contributed by atoms with E-state index in [0.717, 1.165) is 5.39 Å². The number of carbonyl (C=O) groups is 3. The summed E-state index contributed by atoms with van der Waals surface area (Å²) in [7, 11) is 0. The third-order valence-electron chi connectivity index (χ3n) is 4.99. The van der Waals surface area contributed by atoms with Crippen molar-refractivity contribution in [2.75, 3.05) is 10.2 Å². The molecule has 0 spiro atoms. The van der Waals surface area contributed by atoms with Crippen LogP contribution in [0, 0.1) is 0 Å². The molecular weight excluding hydrogens is 372 g/mol. The second kappa shape index (κ2) is 6.77. The first-order chi connectivity index (χ1) is 13.8. The van der Waals surface area contributed by atoms with E-state index in [4.69, 9.17) is 9.15 Å². The lowest BCUT2D eigenvalue weighted by atomic mass is 9.95. The third kappa shape index (κ3) is 3.14. The molecule has 7 nitrogen and oxygen atoms in total. The average Bonchev–Trinajstić information content (AvgIpc) is 3.13. The summed E-state index contributed by atoms with van der Waals surface area (Å²) in [6.07, 6.45) is -1.12. The Morgan fingerprint density at radius 2 is 1.79 bits per heavy atom. The lowest BCUT2D eigenvalue weighted by molar-refractivity contribution is -0.131. The summed E-state index contributed by atoms with van der Waals surface area (Å²) in [5.74, 6) is -1.54. The first-order valence-corrected chi connectivity index (χ1v) is 9.23. The molecule has 3 aromatic rings. The Balaban J connectivity index is 1.60. The highest BCUT2D eigenvalue weighted by molar-refractivity contribution is 6.15. The van der Waals surface area contributed by atoms with Crippen LogP contribution in [0.2, 0.25) is 0 Å². The van der Waals surface area contributed by atoms with Gasteiger partial charge in [-0.15, -0.1) is 0 Å². The van der Waals surface area contributed by atoms with Gasteiger partial charge in [-0.25, -0.2) is 4.79 Å². The van der Waals surface area contributed by atoms with Crippen LogP contribution < -0.4 is 10.2 Å². The normalized spacial score (nSPS) is 16.1. The number of fused-ring (bicyclic) bond motifs is 2. The summed E-state index contributed by atoms with van der Waals surface area (Å²) >= 11 is 0. The molecule has 2 amide bonds. The van der Waals surface area contributed by atoms with Crippen LogP contribution in [-0.2, 0) is 14.3 Å². The van der Waals surface area contributed by atoms with Gasteiger partial charge in [-0.2, -0.15) is 0 Å². The number of amides is 2. The molecule has 0 unspecified atom stereocenters. The number of nitrogens with one attached hydrogen (secondary N) is 1. The third-order valence-corrected chi connectivity index (χ3v) is 4.99. The Labute approximate surface area is 167 Å². The van der Waals surface area contributed by atoms with E-state index in [1.165, 1.54) is 11.8 Å². The van der Waals surface area contributed by atoms with Crippen molar-refractivity contribution in [3.05, 3.63) is 60.4 Å². The van der Waals surface area contributed by atoms with E-state index in [9.17, 15) is 14.4 Å². The lowest BCUT2D eigenvalue weighted by Crippen LogP contribution is -2.60. The lowest BCUT2D eigenvalue weighted by Gasteiger charge is -2.42. The van der Waals surface area contributed by atoms with E-state index in [-0.39, 0.29) is 11.7 Å². The van der Waals surface area contributed by atoms with Crippen molar-refractivity contribution >= 4 is 40.1 Å². The summed E-state index contributed by atoms with van der Waals surface area (Å²) < 4.78 is 10.9. The number of furan rings is 1. The van der Waals surface area contributed by atoms with Crippen LogP contribution in [-0.4, -0.2) is 29.4 Å². The zero-order valence-electron chi connectivity index (χ0n) is 16.3. The van der Waals surface area contributed by atoms with Gasteiger partial charge < -0.3 is 14.5 Å². The zero-order valence-corrected chi connectivity index (χ0v) is 16.3. The van der Waals surface area contributed by atoms with Gasteiger partial charge >= 0.3 is 5.97 Å². The maximum Gasteiger partial charge on any atom is 0.375 e. The molecule has 1 aromatic heterocycles. The van der Waals surface area contributed by atoms with Gasteiger partial charge in [0, 0.05) is 5.39 Å². The second-order valence-electron chi connectivity index (χ2n) is 7.40. The number of hydrogen-bond donors (Lipinski definition) is 1. The highest BCUT2D eigenvalue weighted by Gasteiger charge is 2.45. The largest absolute Gasteiger partial charge is 0.449 e. The predicted octanol–water partition coefficient (Wildman–Crippen LogP) is 3.74. The Bertz CT molecular complexity index is 1100. The number of nitrogens with zero attached hydrogens (tertiary/aromatic N) is 1. The van der Waals surface area contributed by atoms with Crippen LogP contribution in [0.1, 0.15) is 31.3 Å². The molecule has 0 bridgehead atoms. The number of benzene rings is 2. The van der Waals surface area contributed by atoms with Gasteiger partial charge in [0.1, 0.15) is 11.1 Å². The van der Waals surface area contributed by atoms with E-state index in [1.54, 1.807) is 56.3 Å². The standard InChI is InChI=1S/C22H20N2O5/c1-13(28-20(26)18-12-14-8-4-7-11-17(14)29-18)19(25)24-16-10-6-5-9-15(16)23-21(27)22(24,2)3/h4-13H,1-3H3,(H,23,27)/t13-/m0/s1. The number of anilines is 2. The molecule has 7 heteroatoms. The van der Waals surface area contributed by atoms with E-state index in [0.29, 0.717) is 17.0 Å². The molecule has 0 saturated heterocycles. The molecule has 1 aliphatic rings. The first kappa shape index (κ1) is 18.7. The molecule has 2 aromatic carbocycles. The van der Waals surface area contributed by atoms with E-state index in [1.807, 2.05) is 12.1 Å². The number of hydrogen-bond acceptors (Lipinski definition) is 5. The van der Waals surface area contributed by atoms with Crippen molar-refractivity contribution in [3.63, 3.8) is 0 Å². The van der Waals surface area contributed by atoms with Gasteiger partial charge in [-0.1, -0.05) is 30.3 Å². The molecule has 1 N–H and O–H groups in total. The summed E-state index contributed by atoms with van der Waals surface area (Å²) in [5.41, 5.74) is 0.488. The minimum Gasteiger partial charge on any atom is -0.449 e. The minimum absolute atomic E-state index is 0.0156. The Kier molecular flexibility index (Phi) is 4.38. The predicted molar refractivity (Wildman–Crippen MR) is 108 cm³/mol.